The summed E-state index contributed by atoms with van der Waals surface area (Å²) < 4.78 is 0. The zero-order chi connectivity index (χ0) is 33.4. The lowest BCUT2D eigenvalue weighted by molar-refractivity contribution is 1.22. The zero-order valence-electron chi connectivity index (χ0n) is 27.8. The van der Waals surface area contributed by atoms with Crippen molar-refractivity contribution in [1.29, 1.82) is 0 Å². The SMILES string of the molecule is CCSc1cc2c(cc1SCC)C1=NC3=NC(=NC4=NC(=NC2=N1)c1cc(SCC)c(SCC)cc14)c1cc(SCC)c(SCC)cc13. The Morgan fingerprint density at radius 1 is 0.292 bits per heavy atom. The molecule has 4 aliphatic rings. The molecule has 7 rings (SSSR count). The number of thioether (sulfide) groups is 6. The van der Waals surface area contributed by atoms with E-state index in [0.29, 0.717) is 35.0 Å². The van der Waals surface area contributed by atoms with Crippen LogP contribution in [0.25, 0.3) is 0 Å². The monoisotopic (exact) mass is 744 g/mol. The summed E-state index contributed by atoms with van der Waals surface area (Å²) in [5.74, 6) is 9.73. The number of hydrogen-bond acceptors (Lipinski definition) is 12. The van der Waals surface area contributed by atoms with E-state index in [1.54, 1.807) is 0 Å². The molecular weight excluding hydrogens is 709 g/mol. The van der Waals surface area contributed by atoms with Gasteiger partial charge >= 0.3 is 0 Å². The summed E-state index contributed by atoms with van der Waals surface area (Å²) in [5.41, 5.74) is 5.92. The molecule has 0 unspecified atom stereocenters. The summed E-state index contributed by atoms with van der Waals surface area (Å²) in [5, 5.41) is 0. The smallest absolute Gasteiger partial charge is 0.164 e. The number of aliphatic imine (C=N–C) groups is 6. The van der Waals surface area contributed by atoms with E-state index in [9.17, 15) is 0 Å². The highest BCUT2D eigenvalue weighted by molar-refractivity contribution is 8.03. The van der Waals surface area contributed by atoms with Crippen molar-refractivity contribution in [2.24, 2.45) is 30.0 Å². The predicted molar refractivity (Wildman–Crippen MR) is 217 cm³/mol. The van der Waals surface area contributed by atoms with Crippen molar-refractivity contribution in [3.05, 3.63) is 69.8 Å². The van der Waals surface area contributed by atoms with Gasteiger partial charge in [-0.15, -0.1) is 70.6 Å². The van der Waals surface area contributed by atoms with E-state index in [-0.39, 0.29) is 0 Å². The number of nitrogens with zero attached hydrogens (tertiary/aromatic N) is 6. The van der Waals surface area contributed by atoms with Gasteiger partial charge in [0.1, 0.15) is 0 Å². The Labute approximate surface area is 308 Å². The Hall–Kier alpha value is -2.22. The van der Waals surface area contributed by atoms with Gasteiger partial charge in [0.15, 0.2) is 35.0 Å². The van der Waals surface area contributed by atoms with Gasteiger partial charge in [-0.2, -0.15) is 0 Å². The number of rotatable bonds is 12. The molecule has 4 heterocycles. The van der Waals surface area contributed by atoms with Gasteiger partial charge in [-0.1, -0.05) is 41.5 Å². The Balaban J connectivity index is 1.51. The minimum absolute atomic E-state index is 0.637. The summed E-state index contributed by atoms with van der Waals surface area (Å²) in [7, 11) is 0. The minimum Gasteiger partial charge on any atom is -0.208 e. The van der Waals surface area contributed by atoms with Crippen LogP contribution < -0.4 is 0 Å². The van der Waals surface area contributed by atoms with Gasteiger partial charge in [-0.25, -0.2) is 30.0 Å². The van der Waals surface area contributed by atoms with E-state index in [1.807, 2.05) is 70.6 Å². The minimum atomic E-state index is 0.637. The molecule has 0 saturated heterocycles. The van der Waals surface area contributed by atoms with Crippen LogP contribution in [-0.4, -0.2) is 69.5 Å². The van der Waals surface area contributed by atoms with E-state index >= 15 is 0 Å². The molecule has 48 heavy (non-hydrogen) atoms. The Morgan fingerprint density at radius 2 is 0.438 bits per heavy atom. The Morgan fingerprint density at radius 3 is 0.562 bits per heavy atom. The third-order valence-corrected chi connectivity index (χ3v) is 13.8. The van der Waals surface area contributed by atoms with Crippen LogP contribution >= 0.6 is 70.6 Å². The fourth-order valence-electron chi connectivity index (χ4n) is 5.87. The molecule has 0 aromatic heterocycles. The molecule has 0 saturated carbocycles. The summed E-state index contributed by atoms with van der Waals surface area (Å²) in [6.45, 7) is 13.2. The molecule has 0 spiro atoms. The second kappa shape index (κ2) is 14.9. The highest BCUT2D eigenvalue weighted by Crippen LogP contribution is 2.41. The van der Waals surface area contributed by atoms with E-state index in [2.05, 4.69) is 77.9 Å². The van der Waals surface area contributed by atoms with Crippen molar-refractivity contribution in [2.75, 3.05) is 34.5 Å². The second-order valence-corrected chi connectivity index (χ2v) is 18.6. The van der Waals surface area contributed by atoms with Crippen LogP contribution in [0.15, 0.2) is 95.7 Å². The first-order valence-electron chi connectivity index (χ1n) is 16.3. The van der Waals surface area contributed by atoms with Crippen molar-refractivity contribution >= 4 is 106 Å². The maximum atomic E-state index is 5.21. The molecule has 3 aromatic rings. The molecule has 246 valence electrons. The largest absolute Gasteiger partial charge is 0.208 e. The van der Waals surface area contributed by atoms with Crippen LogP contribution in [0.5, 0.6) is 0 Å². The average molecular weight is 745 g/mol. The van der Waals surface area contributed by atoms with Gasteiger partial charge in [0.05, 0.1) is 0 Å². The van der Waals surface area contributed by atoms with Crippen LogP contribution in [0.4, 0.5) is 0 Å². The Kier molecular flexibility index (Phi) is 10.7. The van der Waals surface area contributed by atoms with E-state index in [1.165, 1.54) is 29.4 Å². The van der Waals surface area contributed by atoms with Crippen molar-refractivity contribution in [3.63, 3.8) is 0 Å². The standard InChI is InChI=1S/C36H36N6S6/c1-7-43-25-13-19-20(14-26(25)44-8-2)32-37-31(19)40-33-21-15-27(45-9-3)28(46-10-4)16-22(21)35(38-33)42-36-24-18-30(48-12-6)29(47-11-5)17-23(24)34(39-36)41-32/h13-18H,7-12H2,1-6H3. The molecule has 4 aliphatic heterocycles. The van der Waals surface area contributed by atoms with Crippen molar-refractivity contribution in [2.45, 2.75) is 70.9 Å². The fraction of sp³-hybridized carbons (Fsp3) is 0.333. The highest BCUT2D eigenvalue weighted by atomic mass is 32.2. The molecule has 6 nitrogen and oxygen atoms in total. The van der Waals surface area contributed by atoms with Gasteiger partial charge in [0.25, 0.3) is 0 Å². The molecule has 0 N–H and O–H groups in total. The zero-order valence-corrected chi connectivity index (χ0v) is 32.7. The lowest BCUT2D eigenvalue weighted by atomic mass is 10.1. The summed E-state index contributed by atoms with van der Waals surface area (Å²) in [6.07, 6.45) is 0. The number of hydrogen-bond donors (Lipinski definition) is 0. The fourth-order valence-corrected chi connectivity index (χ4v) is 11.2. The maximum absolute atomic E-state index is 5.21. The molecule has 3 aromatic carbocycles. The third kappa shape index (κ3) is 6.41. The van der Waals surface area contributed by atoms with E-state index < -0.39 is 0 Å². The quantitative estimate of drug-likeness (QED) is 0.172. The van der Waals surface area contributed by atoms with Crippen molar-refractivity contribution in [1.82, 2.24) is 0 Å². The molecule has 12 heteroatoms. The normalized spacial score (nSPS) is 15.4. The van der Waals surface area contributed by atoms with Crippen LogP contribution in [0, 0.1) is 0 Å². The lowest BCUT2D eigenvalue weighted by Gasteiger charge is -2.12. The second-order valence-electron chi connectivity index (χ2n) is 10.7. The average Bonchev–Trinajstić information content (AvgIpc) is 3.69. The molecule has 0 atom stereocenters. The molecule has 0 fully saturated rings. The number of benzene rings is 3. The van der Waals surface area contributed by atoms with Crippen LogP contribution in [-0.2, 0) is 0 Å². The first kappa shape index (κ1) is 34.2. The predicted octanol–water partition coefficient (Wildman–Crippen LogP) is 10.3. The van der Waals surface area contributed by atoms with Gasteiger partial charge in [0, 0.05) is 62.8 Å². The summed E-state index contributed by atoms with van der Waals surface area (Å²) in [4.78, 5) is 38.5. The first-order chi connectivity index (χ1) is 23.5. The maximum Gasteiger partial charge on any atom is 0.164 e. The molecular formula is C36H36N6S6. The molecule has 6 bridgehead atoms. The lowest BCUT2D eigenvalue weighted by Crippen LogP contribution is -2.04. The molecule has 0 amide bonds. The van der Waals surface area contributed by atoms with Gasteiger partial charge in [0.2, 0.25) is 0 Å². The van der Waals surface area contributed by atoms with Gasteiger partial charge in [-0.3, -0.25) is 0 Å². The molecule has 0 radical (unpaired) electrons. The van der Waals surface area contributed by atoms with Crippen molar-refractivity contribution < 1.29 is 0 Å². The van der Waals surface area contributed by atoms with Crippen molar-refractivity contribution in [3.8, 4) is 0 Å². The van der Waals surface area contributed by atoms with Crippen LogP contribution in [0.1, 0.15) is 74.9 Å². The first-order valence-corrected chi connectivity index (χ1v) is 22.3. The molecule has 0 aliphatic carbocycles. The Bertz CT molecular complexity index is 1770. The topological polar surface area (TPSA) is 74.2 Å². The van der Waals surface area contributed by atoms with Gasteiger partial charge in [-0.05, 0) is 70.9 Å². The van der Waals surface area contributed by atoms with Crippen LogP contribution in [0.2, 0.25) is 0 Å². The summed E-state index contributed by atoms with van der Waals surface area (Å²) >= 11 is 11.1. The third-order valence-electron chi connectivity index (χ3n) is 7.77. The van der Waals surface area contributed by atoms with E-state index in [0.717, 1.165) is 67.9 Å². The van der Waals surface area contributed by atoms with Crippen LogP contribution in [0.3, 0.4) is 0 Å². The van der Waals surface area contributed by atoms with Gasteiger partial charge < -0.3 is 0 Å². The number of fused-ring (bicyclic) bond motifs is 12. The summed E-state index contributed by atoms with van der Waals surface area (Å²) in [6, 6.07) is 13.5. The van der Waals surface area contributed by atoms with E-state index in [4.69, 9.17) is 30.0 Å². The highest BCUT2D eigenvalue weighted by Gasteiger charge is 2.33. The number of amidine groups is 6.